The fraction of sp³-hybridized carbons (Fsp3) is 0.733. The molecule has 1 aliphatic heterocycles. The monoisotopic (exact) mass is 373 g/mol. The minimum absolute atomic E-state index is 0.187. The number of carbonyl (C=O) groups is 1. The second-order valence-electron chi connectivity index (χ2n) is 6.02. The maximum Gasteiger partial charge on any atom is 0.282 e. The molecule has 1 aliphatic rings. The lowest BCUT2D eigenvalue weighted by atomic mass is 10.2. The van der Waals surface area contributed by atoms with Crippen molar-refractivity contribution in [3.05, 3.63) is 11.8 Å². The van der Waals surface area contributed by atoms with Crippen molar-refractivity contribution in [1.82, 2.24) is 18.7 Å². The van der Waals surface area contributed by atoms with Gasteiger partial charge < -0.3 is 9.84 Å². The Morgan fingerprint density at radius 2 is 1.92 bits per heavy atom. The fourth-order valence-corrected chi connectivity index (χ4v) is 4.46. The molecular formula is C15H27N5O4S. The van der Waals surface area contributed by atoms with E-state index in [1.807, 2.05) is 18.7 Å². The molecule has 0 aliphatic carbocycles. The maximum absolute atomic E-state index is 12.5. The minimum Gasteiger partial charge on any atom is -0.360 e. The summed E-state index contributed by atoms with van der Waals surface area (Å²) in [7, 11) is -3.42. The van der Waals surface area contributed by atoms with Crippen molar-refractivity contribution in [2.75, 3.05) is 44.6 Å². The third-order valence-corrected chi connectivity index (χ3v) is 6.62. The van der Waals surface area contributed by atoms with Gasteiger partial charge in [0, 0.05) is 45.3 Å². The summed E-state index contributed by atoms with van der Waals surface area (Å²) in [4.78, 5) is 14.3. The van der Waals surface area contributed by atoms with Crippen molar-refractivity contribution in [3.63, 3.8) is 0 Å². The third-order valence-electron chi connectivity index (χ3n) is 4.44. The normalized spacial score (nSPS) is 18.4. The molecule has 0 unspecified atom stereocenters. The molecule has 0 radical (unpaired) electrons. The second-order valence-corrected chi connectivity index (χ2v) is 7.94. The van der Waals surface area contributed by atoms with Crippen molar-refractivity contribution in [2.45, 2.75) is 33.7 Å². The Morgan fingerprint density at radius 3 is 2.40 bits per heavy atom. The number of aromatic nitrogens is 1. The van der Waals surface area contributed by atoms with Gasteiger partial charge in [0.1, 0.15) is 5.76 Å². The van der Waals surface area contributed by atoms with E-state index in [-0.39, 0.29) is 11.9 Å². The number of amides is 1. The molecule has 2 heterocycles. The molecule has 0 saturated carbocycles. The highest BCUT2D eigenvalue weighted by molar-refractivity contribution is 7.86. The van der Waals surface area contributed by atoms with Crippen molar-refractivity contribution >= 4 is 21.9 Å². The van der Waals surface area contributed by atoms with Gasteiger partial charge in [0.05, 0.1) is 6.04 Å². The lowest BCUT2D eigenvalue weighted by Crippen LogP contribution is -2.56. The van der Waals surface area contributed by atoms with Crippen LogP contribution in [0.4, 0.5) is 5.82 Å². The molecule has 142 valence electrons. The molecule has 2 rings (SSSR count). The van der Waals surface area contributed by atoms with E-state index in [0.29, 0.717) is 50.8 Å². The summed E-state index contributed by atoms with van der Waals surface area (Å²) >= 11 is 0. The van der Waals surface area contributed by atoms with Crippen LogP contribution in [0.5, 0.6) is 0 Å². The molecule has 0 aromatic carbocycles. The molecule has 1 aromatic rings. The molecule has 1 amide bonds. The smallest absolute Gasteiger partial charge is 0.282 e. The average Bonchev–Trinajstić information content (AvgIpc) is 3.00. The second kappa shape index (κ2) is 8.26. The number of nitrogens with one attached hydrogen (secondary N) is 1. The first-order valence-corrected chi connectivity index (χ1v) is 9.92. The zero-order valence-corrected chi connectivity index (χ0v) is 16.0. The largest absolute Gasteiger partial charge is 0.360 e. The molecule has 25 heavy (non-hydrogen) atoms. The van der Waals surface area contributed by atoms with Crippen LogP contribution in [0.1, 0.15) is 26.5 Å². The topological polar surface area (TPSA) is 99.0 Å². The van der Waals surface area contributed by atoms with E-state index in [9.17, 15) is 13.2 Å². The Morgan fingerprint density at radius 1 is 1.32 bits per heavy atom. The number of hydrogen-bond donors (Lipinski definition) is 1. The lowest BCUT2D eigenvalue weighted by Gasteiger charge is -2.38. The van der Waals surface area contributed by atoms with E-state index < -0.39 is 10.2 Å². The maximum atomic E-state index is 12.5. The number of hydrogen-bond acceptors (Lipinski definition) is 6. The number of carbonyl (C=O) groups excluding carboxylic acids is 1. The summed E-state index contributed by atoms with van der Waals surface area (Å²) in [5, 5.41) is 6.46. The molecule has 1 N–H and O–H groups in total. The standard InChI is InChI=1S/C15H27N5O4S/c1-5-19(6-2)25(22,23)20-9-7-18(8-10-20)13(4)15(21)16-14-11-12(3)24-17-14/h11,13H,5-10H2,1-4H3,(H,16,17,21)/t13-/m1/s1. The molecule has 9 nitrogen and oxygen atoms in total. The van der Waals surface area contributed by atoms with Crippen molar-refractivity contribution < 1.29 is 17.7 Å². The van der Waals surface area contributed by atoms with Gasteiger partial charge in [-0.3, -0.25) is 9.69 Å². The van der Waals surface area contributed by atoms with Gasteiger partial charge in [0.15, 0.2) is 5.82 Å². The molecule has 1 fully saturated rings. The van der Waals surface area contributed by atoms with E-state index in [2.05, 4.69) is 10.5 Å². The van der Waals surface area contributed by atoms with Crippen molar-refractivity contribution in [1.29, 1.82) is 0 Å². The summed E-state index contributed by atoms with van der Waals surface area (Å²) < 4.78 is 32.9. The van der Waals surface area contributed by atoms with E-state index in [1.165, 1.54) is 8.61 Å². The highest BCUT2D eigenvalue weighted by atomic mass is 32.2. The van der Waals surface area contributed by atoms with Crippen LogP contribution < -0.4 is 5.32 Å². The van der Waals surface area contributed by atoms with Crippen LogP contribution in [0.3, 0.4) is 0 Å². The highest BCUT2D eigenvalue weighted by Gasteiger charge is 2.33. The van der Waals surface area contributed by atoms with Gasteiger partial charge in [-0.1, -0.05) is 19.0 Å². The van der Waals surface area contributed by atoms with E-state index in [4.69, 9.17) is 4.52 Å². The van der Waals surface area contributed by atoms with Gasteiger partial charge in [-0.2, -0.15) is 17.0 Å². The summed E-state index contributed by atoms with van der Waals surface area (Å²) in [6, 6.07) is 1.27. The Bertz CT molecular complexity index is 678. The van der Waals surface area contributed by atoms with Crippen LogP contribution in [0.15, 0.2) is 10.6 Å². The molecule has 1 saturated heterocycles. The zero-order valence-electron chi connectivity index (χ0n) is 15.2. The van der Waals surface area contributed by atoms with Crippen LogP contribution in [0, 0.1) is 6.92 Å². The quantitative estimate of drug-likeness (QED) is 0.748. The summed E-state index contributed by atoms with van der Waals surface area (Å²) in [5.74, 6) is 0.823. The third kappa shape index (κ3) is 4.57. The van der Waals surface area contributed by atoms with Gasteiger partial charge in [-0.05, 0) is 13.8 Å². The predicted octanol–water partition coefficient (Wildman–Crippen LogP) is 0.514. The Labute approximate surface area is 149 Å². The number of rotatable bonds is 7. The predicted molar refractivity (Wildman–Crippen MR) is 94.3 cm³/mol. The lowest BCUT2D eigenvalue weighted by molar-refractivity contribution is -0.121. The van der Waals surface area contributed by atoms with Crippen LogP contribution in [-0.2, 0) is 15.0 Å². The summed E-state index contributed by atoms with van der Waals surface area (Å²) in [6.07, 6.45) is 0. The van der Waals surface area contributed by atoms with Crippen molar-refractivity contribution in [2.24, 2.45) is 0 Å². The van der Waals surface area contributed by atoms with Crippen LogP contribution >= 0.6 is 0 Å². The van der Waals surface area contributed by atoms with Crippen LogP contribution in [-0.4, -0.2) is 78.3 Å². The number of piperazine rings is 1. The fourth-order valence-electron chi connectivity index (χ4n) is 2.86. The van der Waals surface area contributed by atoms with E-state index >= 15 is 0 Å². The highest BCUT2D eigenvalue weighted by Crippen LogP contribution is 2.15. The van der Waals surface area contributed by atoms with Gasteiger partial charge in [-0.25, -0.2) is 0 Å². The summed E-state index contributed by atoms with van der Waals surface area (Å²) in [5.41, 5.74) is 0. The van der Waals surface area contributed by atoms with Crippen molar-refractivity contribution in [3.8, 4) is 0 Å². The Kier molecular flexibility index (Phi) is 6.55. The SMILES string of the molecule is CCN(CC)S(=O)(=O)N1CCN([C@H](C)C(=O)Nc2cc(C)on2)CC1. The van der Waals surface area contributed by atoms with Crippen LogP contribution in [0.2, 0.25) is 0 Å². The zero-order chi connectivity index (χ0) is 18.6. The first kappa shape index (κ1) is 19.8. The molecule has 0 bridgehead atoms. The van der Waals surface area contributed by atoms with E-state index in [0.717, 1.165) is 0 Å². The van der Waals surface area contributed by atoms with Gasteiger partial charge in [0.2, 0.25) is 5.91 Å². The van der Waals surface area contributed by atoms with Crippen LogP contribution in [0.25, 0.3) is 0 Å². The average molecular weight is 373 g/mol. The van der Waals surface area contributed by atoms with Gasteiger partial charge >= 0.3 is 0 Å². The first-order chi connectivity index (χ1) is 11.8. The number of aryl methyl sites for hydroxylation is 1. The molecule has 10 heteroatoms. The van der Waals surface area contributed by atoms with Gasteiger partial charge in [0.25, 0.3) is 10.2 Å². The molecule has 0 spiro atoms. The number of nitrogens with zero attached hydrogens (tertiary/aromatic N) is 4. The summed E-state index contributed by atoms with van der Waals surface area (Å²) in [6.45, 7) is 9.88. The van der Waals surface area contributed by atoms with Gasteiger partial charge in [-0.15, -0.1) is 0 Å². The minimum atomic E-state index is -3.42. The molecular weight excluding hydrogens is 346 g/mol. The first-order valence-electron chi connectivity index (χ1n) is 8.53. The molecule has 1 atom stereocenters. The Hall–Kier alpha value is -1.49. The van der Waals surface area contributed by atoms with E-state index in [1.54, 1.807) is 19.9 Å². The Balaban J connectivity index is 1.91. The number of anilines is 1. The molecule has 1 aromatic heterocycles.